The molecule has 4 nitrogen and oxygen atoms in total. The molecule has 1 amide bonds. The predicted octanol–water partition coefficient (Wildman–Crippen LogP) is 6.03. The highest BCUT2D eigenvalue weighted by atomic mass is 19.4. The van der Waals surface area contributed by atoms with Gasteiger partial charge in [0.25, 0.3) is 5.91 Å². The molecule has 1 saturated heterocycles. The first kappa shape index (κ1) is 23.8. The molecule has 0 aliphatic carbocycles. The Balaban J connectivity index is 1.50. The van der Waals surface area contributed by atoms with Gasteiger partial charge in [-0.25, -0.2) is 0 Å². The van der Waals surface area contributed by atoms with Crippen molar-refractivity contribution in [2.75, 3.05) is 25.1 Å². The predicted molar refractivity (Wildman–Crippen MR) is 126 cm³/mol. The van der Waals surface area contributed by atoms with Gasteiger partial charge in [0, 0.05) is 36.9 Å². The summed E-state index contributed by atoms with van der Waals surface area (Å²) in [6.07, 6.45) is -3.03. The standard InChI is InChI=1S/C27H27F3N2O2/c1-34-24-13-11-20(12-14-24)26(33)32(22-8-3-2-4-9-22)23-15-17-31(18-16-23)19-21-7-5-6-10-25(21)27(28,29)30/h2-14,23H,15-19H2,1H3. The zero-order chi connectivity index (χ0) is 24.1. The number of rotatable bonds is 6. The van der Waals surface area contributed by atoms with Crippen molar-refractivity contribution in [3.63, 3.8) is 0 Å². The van der Waals surface area contributed by atoms with Gasteiger partial charge in [-0.1, -0.05) is 36.4 Å². The number of para-hydroxylation sites is 1. The molecule has 1 fully saturated rings. The first-order valence-electron chi connectivity index (χ1n) is 11.3. The smallest absolute Gasteiger partial charge is 0.416 e. The molecule has 0 radical (unpaired) electrons. The maximum absolute atomic E-state index is 13.5. The van der Waals surface area contributed by atoms with Gasteiger partial charge < -0.3 is 9.64 Å². The van der Waals surface area contributed by atoms with Crippen molar-refractivity contribution in [3.05, 3.63) is 95.6 Å². The number of alkyl halides is 3. The van der Waals surface area contributed by atoms with Gasteiger partial charge in [0.2, 0.25) is 0 Å². The van der Waals surface area contributed by atoms with Crippen LogP contribution >= 0.6 is 0 Å². The van der Waals surface area contributed by atoms with Gasteiger partial charge in [-0.05, 0) is 60.9 Å². The van der Waals surface area contributed by atoms with Crippen LogP contribution in [0.2, 0.25) is 0 Å². The van der Waals surface area contributed by atoms with Crippen LogP contribution < -0.4 is 9.64 Å². The molecule has 3 aromatic rings. The quantitative estimate of drug-likeness (QED) is 0.443. The highest BCUT2D eigenvalue weighted by Gasteiger charge is 2.34. The maximum atomic E-state index is 13.5. The second-order valence-electron chi connectivity index (χ2n) is 8.40. The summed E-state index contributed by atoms with van der Waals surface area (Å²) in [5, 5.41) is 0. The number of carbonyl (C=O) groups is 1. The number of benzene rings is 3. The van der Waals surface area contributed by atoms with Crippen molar-refractivity contribution in [1.82, 2.24) is 4.90 Å². The maximum Gasteiger partial charge on any atom is 0.416 e. The number of hydrogen-bond donors (Lipinski definition) is 0. The SMILES string of the molecule is COc1ccc(C(=O)N(c2ccccc2)C2CCN(Cc3ccccc3C(F)(F)F)CC2)cc1. The van der Waals surface area contributed by atoms with Crippen molar-refractivity contribution < 1.29 is 22.7 Å². The fourth-order valence-corrected chi connectivity index (χ4v) is 4.47. The van der Waals surface area contributed by atoms with Crippen LogP contribution in [0, 0.1) is 0 Å². The molecule has 34 heavy (non-hydrogen) atoms. The van der Waals surface area contributed by atoms with E-state index in [0.717, 1.165) is 11.8 Å². The number of methoxy groups -OCH3 is 1. The van der Waals surface area contributed by atoms with Crippen LogP contribution in [0.5, 0.6) is 5.75 Å². The minimum atomic E-state index is -4.37. The molecule has 1 heterocycles. The van der Waals surface area contributed by atoms with E-state index in [-0.39, 0.29) is 24.1 Å². The molecule has 0 bridgehead atoms. The first-order valence-corrected chi connectivity index (χ1v) is 11.3. The Labute approximate surface area is 197 Å². The van der Waals surface area contributed by atoms with Crippen LogP contribution in [0.4, 0.5) is 18.9 Å². The van der Waals surface area contributed by atoms with Crippen LogP contribution in [0.1, 0.15) is 34.3 Å². The number of piperidine rings is 1. The van der Waals surface area contributed by atoms with Gasteiger partial charge in [0.05, 0.1) is 12.7 Å². The second kappa shape index (κ2) is 10.3. The Morgan fingerprint density at radius 2 is 1.56 bits per heavy atom. The number of ether oxygens (including phenoxy) is 1. The molecule has 0 saturated carbocycles. The zero-order valence-electron chi connectivity index (χ0n) is 19.0. The van der Waals surface area contributed by atoms with Crippen LogP contribution in [-0.2, 0) is 12.7 Å². The van der Waals surface area contributed by atoms with E-state index >= 15 is 0 Å². The summed E-state index contributed by atoms with van der Waals surface area (Å²) < 4.78 is 45.4. The largest absolute Gasteiger partial charge is 0.497 e. The minimum Gasteiger partial charge on any atom is -0.497 e. The van der Waals surface area contributed by atoms with Crippen LogP contribution in [0.3, 0.4) is 0 Å². The third kappa shape index (κ3) is 5.42. The molecule has 0 aromatic heterocycles. The Morgan fingerprint density at radius 1 is 0.941 bits per heavy atom. The fourth-order valence-electron chi connectivity index (χ4n) is 4.47. The Bertz CT molecular complexity index is 1090. The van der Waals surface area contributed by atoms with Gasteiger partial charge in [-0.2, -0.15) is 13.2 Å². The lowest BCUT2D eigenvalue weighted by atomic mass is 9.99. The highest BCUT2D eigenvalue weighted by molar-refractivity contribution is 6.06. The van der Waals surface area contributed by atoms with Crippen LogP contribution in [-0.4, -0.2) is 37.0 Å². The number of halogens is 3. The van der Waals surface area contributed by atoms with Gasteiger partial charge >= 0.3 is 6.18 Å². The van der Waals surface area contributed by atoms with E-state index in [2.05, 4.69) is 0 Å². The molecular formula is C27H27F3N2O2. The van der Waals surface area contributed by atoms with Crippen molar-refractivity contribution in [1.29, 1.82) is 0 Å². The Morgan fingerprint density at radius 3 is 2.18 bits per heavy atom. The second-order valence-corrected chi connectivity index (χ2v) is 8.40. The van der Waals surface area contributed by atoms with Crippen LogP contribution in [0.15, 0.2) is 78.9 Å². The molecular weight excluding hydrogens is 441 g/mol. The fraction of sp³-hybridized carbons (Fsp3) is 0.296. The van der Waals surface area contributed by atoms with Gasteiger partial charge in [0.1, 0.15) is 5.75 Å². The average Bonchev–Trinajstić information content (AvgIpc) is 2.85. The number of amides is 1. The number of carbonyl (C=O) groups excluding carboxylic acids is 1. The lowest BCUT2D eigenvalue weighted by Gasteiger charge is -2.39. The number of likely N-dealkylation sites (tertiary alicyclic amines) is 1. The van der Waals surface area contributed by atoms with E-state index in [4.69, 9.17) is 4.74 Å². The van der Waals surface area contributed by atoms with Crippen LogP contribution in [0.25, 0.3) is 0 Å². The summed E-state index contributed by atoms with van der Waals surface area (Å²) in [6.45, 7) is 1.45. The van der Waals surface area contributed by atoms with E-state index < -0.39 is 11.7 Å². The normalized spacial score (nSPS) is 15.2. The average molecular weight is 469 g/mol. The van der Waals surface area contributed by atoms with E-state index in [0.29, 0.717) is 37.2 Å². The molecule has 1 aliphatic heterocycles. The van der Waals surface area contributed by atoms with Crippen molar-refractivity contribution in [2.45, 2.75) is 31.6 Å². The van der Waals surface area contributed by atoms with E-state index in [1.54, 1.807) is 43.5 Å². The number of anilines is 1. The zero-order valence-corrected chi connectivity index (χ0v) is 19.0. The highest BCUT2D eigenvalue weighted by Crippen LogP contribution is 2.33. The molecule has 4 rings (SSSR count). The third-order valence-corrected chi connectivity index (χ3v) is 6.23. The van der Waals surface area contributed by atoms with E-state index in [1.807, 2.05) is 40.1 Å². The molecule has 3 aromatic carbocycles. The van der Waals surface area contributed by atoms with Crippen molar-refractivity contribution in [3.8, 4) is 5.75 Å². The summed E-state index contributed by atoms with van der Waals surface area (Å²) in [6, 6.07) is 22.2. The topological polar surface area (TPSA) is 32.8 Å². The molecule has 178 valence electrons. The lowest BCUT2D eigenvalue weighted by Crippen LogP contribution is -2.47. The monoisotopic (exact) mass is 468 g/mol. The molecule has 0 unspecified atom stereocenters. The lowest BCUT2D eigenvalue weighted by molar-refractivity contribution is -0.138. The van der Waals surface area contributed by atoms with Crippen molar-refractivity contribution in [2.24, 2.45) is 0 Å². The minimum absolute atomic E-state index is 0.0499. The summed E-state index contributed by atoms with van der Waals surface area (Å²) in [7, 11) is 1.58. The van der Waals surface area contributed by atoms with Crippen molar-refractivity contribution >= 4 is 11.6 Å². The summed E-state index contributed by atoms with van der Waals surface area (Å²) in [4.78, 5) is 17.4. The van der Waals surface area contributed by atoms with Gasteiger partial charge in [0.15, 0.2) is 0 Å². The van der Waals surface area contributed by atoms with E-state index in [9.17, 15) is 18.0 Å². The Hall–Kier alpha value is -3.32. The molecule has 0 spiro atoms. The Kier molecular flexibility index (Phi) is 7.22. The molecule has 0 N–H and O–H groups in total. The van der Waals surface area contributed by atoms with Gasteiger partial charge in [-0.3, -0.25) is 9.69 Å². The number of hydrogen-bond acceptors (Lipinski definition) is 3. The molecule has 1 aliphatic rings. The summed E-state index contributed by atoms with van der Waals surface area (Å²) in [5.41, 5.74) is 1.07. The van der Waals surface area contributed by atoms with Gasteiger partial charge in [-0.15, -0.1) is 0 Å². The molecule has 0 atom stereocenters. The number of nitrogens with zero attached hydrogens (tertiary/aromatic N) is 2. The third-order valence-electron chi connectivity index (χ3n) is 6.23. The first-order chi connectivity index (χ1) is 16.4. The van der Waals surface area contributed by atoms with E-state index in [1.165, 1.54) is 6.07 Å². The summed E-state index contributed by atoms with van der Waals surface area (Å²) in [5.74, 6) is 0.574. The summed E-state index contributed by atoms with van der Waals surface area (Å²) >= 11 is 0. The molecule has 7 heteroatoms.